The van der Waals surface area contributed by atoms with Crippen molar-refractivity contribution in [3.8, 4) is 11.5 Å². The van der Waals surface area contributed by atoms with Crippen LogP contribution in [0.1, 0.15) is 30.6 Å². The molecule has 1 saturated heterocycles. The van der Waals surface area contributed by atoms with Gasteiger partial charge < -0.3 is 24.8 Å². The van der Waals surface area contributed by atoms with Gasteiger partial charge in [0.2, 0.25) is 5.91 Å². The molecule has 4 atom stereocenters. The van der Waals surface area contributed by atoms with Crippen molar-refractivity contribution in [2.24, 2.45) is 5.10 Å². The zero-order chi connectivity index (χ0) is 22.1. The van der Waals surface area contributed by atoms with Crippen molar-refractivity contribution in [3.63, 3.8) is 0 Å². The number of rotatable bonds is 7. The zero-order valence-electron chi connectivity index (χ0n) is 15.2. The lowest BCUT2D eigenvalue weighted by Gasteiger charge is -2.48. The number of halogens is 1. The van der Waals surface area contributed by atoms with Crippen molar-refractivity contribution in [2.45, 2.75) is 37.1 Å². The summed E-state index contributed by atoms with van der Waals surface area (Å²) in [6, 6.07) is -0.454. The van der Waals surface area contributed by atoms with E-state index < -0.39 is 57.2 Å². The van der Waals surface area contributed by atoms with Crippen molar-refractivity contribution >= 4 is 46.7 Å². The molecule has 0 spiro atoms. The molecule has 29 heavy (non-hydrogen) atoms. The first-order valence-electron chi connectivity index (χ1n) is 8.09. The summed E-state index contributed by atoms with van der Waals surface area (Å²) < 4.78 is 21.5. The van der Waals surface area contributed by atoms with Gasteiger partial charge in [0.25, 0.3) is 5.91 Å². The lowest BCUT2D eigenvalue weighted by molar-refractivity contribution is -0.161. The number of nitrogens with zero attached hydrogens (tertiary/aromatic N) is 2. The minimum absolute atomic E-state index is 0.0854. The maximum Gasteiger partial charge on any atom is 0.328 e. The Kier molecular flexibility index (Phi) is 6.50. The van der Waals surface area contributed by atoms with E-state index in [0.717, 1.165) is 24.0 Å². The standard InChI is InChI=1S/C16H18ClN3O8S/c1-7-3-12(23)20(7)13(15(25)26)16(2,29(27)28)6-18-19-14(24)8-4-10(21)11(22)5-9(8)17/h4-7,13,21-22H,3H2,1-2H3,(H,19,24)(H,25,26)(H,27,28)/p-1/b18-6+/t7-,13+,16+/m1/s1. The number of benzene rings is 1. The monoisotopic (exact) mass is 446 g/mol. The largest absolute Gasteiger partial charge is 0.772 e. The summed E-state index contributed by atoms with van der Waals surface area (Å²) in [5.74, 6) is -4.21. The van der Waals surface area contributed by atoms with Crippen LogP contribution in [0.4, 0.5) is 0 Å². The minimum Gasteiger partial charge on any atom is -0.772 e. The molecule has 0 bridgehead atoms. The van der Waals surface area contributed by atoms with E-state index in [1.54, 1.807) is 6.92 Å². The third kappa shape index (κ3) is 4.33. The summed E-state index contributed by atoms with van der Waals surface area (Å²) in [6.45, 7) is 2.62. The second kappa shape index (κ2) is 8.35. The molecule has 13 heteroatoms. The number of carbonyl (C=O) groups is 3. The van der Waals surface area contributed by atoms with Crippen LogP contribution in [-0.4, -0.2) is 69.8 Å². The Balaban J connectivity index is 2.29. The molecule has 1 aromatic rings. The van der Waals surface area contributed by atoms with E-state index >= 15 is 0 Å². The number of hydrogen-bond donors (Lipinski definition) is 4. The molecule has 1 aliphatic rings. The molecule has 0 radical (unpaired) electrons. The summed E-state index contributed by atoms with van der Waals surface area (Å²) in [6.07, 6.45) is 0.779. The van der Waals surface area contributed by atoms with Crippen LogP contribution in [0.5, 0.6) is 11.5 Å². The van der Waals surface area contributed by atoms with E-state index in [4.69, 9.17) is 11.6 Å². The number of β-lactam (4-membered cyclic amide) rings is 1. The molecule has 0 aliphatic carbocycles. The van der Waals surface area contributed by atoms with Crippen molar-refractivity contribution in [1.82, 2.24) is 10.3 Å². The van der Waals surface area contributed by atoms with E-state index in [9.17, 15) is 38.5 Å². The van der Waals surface area contributed by atoms with Gasteiger partial charge in [-0.2, -0.15) is 5.10 Å². The maximum atomic E-state index is 12.2. The van der Waals surface area contributed by atoms with Crippen LogP contribution in [0.15, 0.2) is 17.2 Å². The molecule has 1 unspecified atom stereocenters. The van der Waals surface area contributed by atoms with Gasteiger partial charge in [-0.3, -0.25) is 13.8 Å². The van der Waals surface area contributed by atoms with Gasteiger partial charge in [0, 0.05) is 24.7 Å². The van der Waals surface area contributed by atoms with Crippen molar-refractivity contribution in [2.75, 3.05) is 0 Å². The maximum absolute atomic E-state index is 12.2. The summed E-state index contributed by atoms with van der Waals surface area (Å²) in [5, 5.41) is 31.6. The number of aromatic hydroxyl groups is 2. The van der Waals surface area contributed by atoms with Gasteiger partial charge in [0.15, 0.2) is 17.5 Å². The normalized spacial score (nSPS) is 20.6. The van der Waals surface area contributed by atoms with Gasteiger partial charge in [-0.15, -0.1) is 0 Å². The Morgan fingerprint density at radius 2 is 2.03 bits per heavy atom. The van der Waals surface area contributed by atoms with Gasteiger partial charge >= 0.3 is 5.97 Å². The second-order valence-electron chi connectivity index (χ2n) is 6.53. The molecule has 2 amide bonds. The molecule has 11 nitrogen and oxygen atoms in total. The number of carboxylic acids is 1. The Hall–Kier alpha value is -2.70. The predicted molar refractivity (Wildman–Crippen MR) is 100 cm³/mol. The fourth-order valence-corrected chi connectivity index (χ4v) is 3.62. The number of phenols is 2. The third-order valence-electron chi connectivity index (χ3n) is 4.44. The number of hydrazone groups is 1. The number of carboxylic acid groups (broad SMARTS) is 1. The molecule has 4 N–H and O–H groups in total. The van der Waals surface area contributed by atoms with Crippen molar-refractivity contribution < 1.29 is 38.5 Å². The van der Waals surface area contributed by atoms with Gasteiger partial charge in [-0.05, 0) is 31.0 Å². The Bertz CT molecular complexity index is 924. The lowest BCUT2D eigenvalue weighted by atomic mass is 9.92. The van der Waals surface area contributed by atoms with E-state index in [-0.39, 0.29) is 17.0 Å². The zero-order valence-corrected chi connectivity index (χ0v) is 16.7. The molecule has 0 aromatic heterocycles. The van der Waals surface area contributed by atoms with E-state index in [1.165, 1.54) is 0 Å². The first-order chi connectivity index (χ1) is 13.4. The van der Waals surface area contributed by atoms with E-state index in [0.29, 0.717) is 6.21 Å². The smallest absolute Gasteiger partial charge is 0.328 e. The first-order valence-corrected chi connectivity index (χ1v) is 9.54. The molecule has 1 heterocycles. The number of nitrogens with one attached hydrogen (secondary N) is 1. The summed E-state index contributed by atoms with van der Waals surface area (Å²) in [5.41, 5.74) is 1.70. The number of amides is 2. The summed E-state index contributed by atoms with van der Waals surface area (Å²) in [4.78, 5) is 36.6. The van der Waals surface area contributed by atoms with Crippen LogP contribution in [0.25, 0.3) is 0 Å². The van der Waals surface area contributed by atoms with Crippen molar-refractivity contribution in [3.05, 3.63) is 22.7 Å². The Morgan fingerprint density at radius 1 is 1.45 bits per heavy atom. The Labute approximate surface area is 172 Å². The highest BCUT2D eigenvalue weighted by Gasteiger charge is 2.51. The van der Waals surface area contributed by atoms with Gasteiger partial charge in [-0.1, -0.05) is 11.6 Å². The van der Waals surface area contributed by atoms with Crippen LogP contribution in [-0.2, 0) is 20.7 Å². The molecule has 1 aliphatic heterocycles. The molecular formula is C16H17ClN3O8S-. The molecule has 1 aromatic carbocycles. The SMILES string of the molecule is C[C@@H]1CC(=O)N1[C@@H](C(=O)O)[C@](C)(/C=N/NC(=O)c1cc(O)c(O)cc1Cl)S(=O)[O-]. The fraction of sp³-hybridized carbons (Fsp3) is 0.375. The average Bonchev–Trinajstić information content (AvgIpc) is 2.61. The Morgan fingerprint density at radius 3 is 2.52 bits per heavy atom. The predicted octanol–water partition coefficient (Wildman–Crippen LogP) is 0.179. The van der Waals surface area contributed by atoms with Crippen LogP contribution < -0.4 is 5.43 Å². The first kappa shape index (κ1) is 22.6. The number of hydrogen-bond acceptors (Lipinski definition) is 8. The van der Waals surface area contributed by atoms with E-state index in [2.05, 4.69) is 5.10 Å². The van der Waals surface area contributed by atoms with Gasteiger partial charge in [-0.25, -0.2) is 10.2 Å². The summed E-state index contributed by atoms with van der Waals surface area (Å²) >= 11 is 2.77. The second-order valence-corrected chi connectivity index (χ2v) is 8.29. The van der Waals surface area contributed by atoms with Crippen LogP contribution >= 0.6 is 11.6 Å². The number of aliphatic carboxylic acids is 1. The summed E-state index contributed by atoms with van der Waals surface area (Å²) in [7, 11) is 0. The van der Waals surface area contributed by atoms with Crippen LogP contribution in [0.3, 0.4) is 0 Å². The third-order valence-corrected chi connectivity index (χ3v) is 5.80. The lowest BCUT2D eigenvalue weighted by Crippen LogP contribution is -2.67. The highest BCUT2D eigenvalue weighted by Crippen LogP contribution is 2.32. The number of likely N-dealkylation sites (tertiary alicyclic amines) is 1. The van der Waals surface area contributed by atoms with Crippen LogP contribution in [0, 0.1) is 0 Å². The molecule has 1 fully saturated rings. The van der Waals surface area contributed by atoms with E-state index in [1.807, 2.05) is 5.43 Å². The van der Waals surface area contributed by atoms with Gasteiger partial charge in [0.05, 0.1) is 15.3 Å². The average molecular weight is 447 g/mol. The van der Waals surface area contributed by atoms with Crippen LogP contribution in [0.2, 0.25) is 5.02 Å². The number of carbonyl (C=O) groups excluding carboxylic acids is 2. The van der Waals surface area contributed by atoms with Gasteiger partial charge in [0.1, 0.15) is 0 Å². The molecule has 158 valence electrons. The quantitative estimate of drug-likeness (QED) is 0.150. The number of phenolic OH excluding ortho intramolecular Hbond substituents is 2. The fourth-order valence-electron chi connectivity index (χ4n) is 2.84. The minimum atomic E-state index is -3.03. The molecular weight excluding hydrogens is 430 g/mol. The highest BCUT2D eigenvalue weighted by atomic mass is 35.5. The topological polar surface area (TPSA) is 180 Å². The molecule has 0 saturated carbocycles. The molecule has 2 rings (SSSR count). The highest BCUT2D eigenvalue weighted by molar-refractivity contribution is 7.81. The van der Waals surface area contributed by atoms with Crippen molar-refractivity contribution in [1.29, 1.82) is 0 Å².